The fourth-order valence-corrected chi connectivity index (χ4v) is 3.97. The van der Waals surface area contributed by atoms with E-state index in [-0.39, 0.29) is 11.9 Å². The van der Waals surface area contributed by atoms with Gasteiger partial charge >= 0.3 is 0 Å². The van der Waals surface area contributed by atoms with Crippen LogP contribution in [-0.2, 0) is 9.53 Å². The van der Waals surface area contributed by atoms with Gasteiger partial charge in [-0.15, -0.1) is 0 Å². The van der Waals surface area contributed by atoms with Crippen molar-refractivity contribution in [1.29, 1.82) is 0 Å². The van der Waals surface area contributed by atoms with Crippen molar-refractivity contribution in [2.45, 2.75) is 32.7 Å². The van der Waals surface area contributed by atoms with Gasteiger partial charge in [-0.1, -0.05) is 26.0 Å². The van der Waals surface area contributed by atoms with Gasteiger partial charge in [-0.05, 0) is 56.7 Å². The zero-order valence-corrected chi connectivity index (χ0v) is 17.2. The summed E-state index contributed by atoms with van der Waals surface area (Å²) in [6.45, 7) is 8.89. The van der Waals surface area contributed by atoms with Crippen molar-refractivity contribution >= 4 is 5.91 Å². The number of rotatable bonds is 10. The number of hydrogen-bond donors (Lipinski definition) is 2. The lowest BCUT2D eigenvalue weighted by molar-refractivity contribution is -0.136. The Morgan fingerprint density at radius 3 is 2.56 bits per heavy atom. The maximum absolute atomic E-state index is 13.1. The van der Waals surface area contributed by atoms with E-state index in [1.54, 1.807) is 14.2 Å². The number of carbonyl (C=O) groups excluding carboxylic acids is 1. The third-order valence-corrected chi connectivity index (χ3v) is 5.65. The van der Waals surface area contributed by atoms with Crippen molar-refractivity contribution in [2.24, 2.45) is 5.41 Å². The summed E-state index contributed by atoms with van der Waals surface area (Å²) in [6.07, 6.45) is 1.61. The van der Waals surface area contributed by atoms with Crippen molar-refractivity contribution in [3.63, 3.8) is 0 Å². The Morgan fingerprint density at radius 2 is 1.96 bits per heavy atom. The van der Waals surface area contributed by atoms with Crippen LogP contribution in [0.15, 0.2) is 24.3 Å². The molecule has 6 nitrogen and oxygen atoms in total. The Morgan fingerprint density at radius 1 is 1.26 bits per heavy atom. The molecular weight excluding hydrogens is 342 g/mol. The Balaban J connectivity index is 2.15. The molecule has 0 saturated carbocycles. The lowest BCUT2D eigenvalue weighted by atomic mass is 9.78. The first-order chi connectivity index (χ1) is 13.1. The fourth-order valence-electron chi connectivity index (χ4n) is 3.97. The van der Waals surface area contributed by atoms with E-state index < -0.39 is 5.41 Å². The Bertz CT molecular complexity index is 578. The first kappa shape index (κ1) is 21.7. The molecule has 1 saturated heterocycles. The molecule has 0 bridgehead atoms. The van der Waals surface area contributed by atoms with Gasteiger partial charge in [-0.2, -0.15) is 0 Å². The minimum absolute atomic E-state index is 0.103. The van der Waals surface area contributed by atoms with Crippen molar-refractivity contribution < 1.29 is 14.3 Å². The molecule has 1 heterocycles. The van der Waals surface area contributed by atoms with Crippen molar-refractivity contribution in [3.05, 3.63) is 29.8 Å². The third kappa shape index (κ3) is 5.43. The maximum Gasteiger partial charge on any atom is 0.228 e. The molecule has 1 aromatic carbocycles. The van der Waals surface area contributed by atoms with Gasteiger partial charge in [-0.25, -0.2) is 0 Å². The summed E-state index contributed by atoms with van der Waals surface area (Å²) in [6, 6.07) is 8.23. The van der Waals surface area contributed by atoms with E-state index in [0.717, 1.165) is 50.3 Å². The van der Waals surface area contributed by atoms with E-state index in [9.17, 15) is 4.79 Å². The number of ether oxygens (including phenoxy) is 2. The molecule has 0 radical (unpaired) electrons. The second kappa shape index (κ2) is 10.6. The lowest BCUT2D eigenvalue weighted by Crippen LogP contribution is -2.51. The molecule has 0 aromatic heterocycles. The Kier molecular flexibility index (Phi) is 8.54. The van der Waals surface area contributed by atoms with E-state index in [0.29, 0.717) is 13.2 Å². The normalized spacial score (nSPS) is 17.5. The number of carbonyl (C=O) groups is 1. The minimum Gasteiger partial charge on any atom is -0.497 e. The second-order valence-corrected chi connectivity index (χ2v) is 7.19. The molecule has 1 fully saturated rings. The third-order valence-electron chi connectivity index (χ3n) is 5.65. The maximum atomic E-state index is 13.1. The van der Waals surface area contributed by atoms with E-state index in [1.807, 2.05) is 12.1 Å². The van der Waals surface area contributed by atoms with Gasteiger partial charge in [0.25, 0.3) is 0 Å². The van der Waals surface area contributed by atoms with Gasteiger partial charge in [-0.3, -0.25) is 9.69 Å². The summed E-state index contributed by atoms with van der Waals surface area (Å²) < 4.78 is 10.8. The molecular formula is C21H35N3O3. The second-order valence-electron chi connectivity index (χ2n) is 7.19. The molecule has 2 N–H and O–H groups in total. The van der Waals surface area contributed by atoms with E-state index in [1.165, 1.54) is 0 Å². The molecule has 0 spiro atoms. The first-order valence-corrected chi connectivity index (χ1v) is 9.96. The van der Waals surface area contributed by atoms with Gasteiger partial charge in [0, 0.05) is 13.7 Å². The molecule has 1 amide bonds. The number of hydrogen-bond acceptors (Lipinski definition) is 5. The quantitative estimate of drug-likeness (QED) is 0.655. The van der Waals surface area contributed by atoms with E-state index in [4.69, 9.17) is 9.47 Å². The smallest absolute Gasteiger partial charge is 0.228 e. The number of benzene rings is 1. The van der Waals surface area contributed by atoms with Crippen molar-refractivity contribution in [3.8, 4) is 5.75 Å². The van der Waals surface area contributed by atoms with Gasteiger partial charge in [0.15, 0.2) is 0 Å². The lowest BCUT2D eigenvalue weighted by Gasteiger charge is -2.37. The predicted molar refractivity (Wildman–Crippen MR) is 108 cm³/mol. The monoisotopic (exact) mass is 377 g/mol. The number of piperidine rings is 1. The summed E-state index contributed by atoms with van der Waals surface area (Å²) in [5.41, 5.74) is 0.729. The standard InChI is InChI=1S/C21H35N3O3/c1-5-24(6-2)19(17-8-7-9-18(14-17)27-4)15-23-20(25)21(16-26-3)10-12-22-13-11-21/h7-9,14,19,22H,5-6,10-13,15-16H2,1-4H3,(H,23,25). The molecule has 152 valence electrons. The highest BCUT2D eigenvalue weighted by Crippen LogP contribution is 2.30. The van der Waals surface area contributed by atoms with Crippen LogP contribution in [0.25, 0.3) is 0 Å². The zero-order chi connectivity index (χ0) is 19.7. The summed E-state index contributed by atoms with van der Waals surface area (Å²) in [7, 11) is 3.35. The summed E-state index contributed by atoms with van der Waals surface area (Å²) in [5, 5.41) is 6.57. The topological polar surface area (TPSA) is 62.8 Å². The van der Waals surface area contributed by atoms with Crippen LogP contribution >= 0.6 is 0 Å². The highest BCUT2D eigenvalue weighted by atomic mass is 16.5. The molecule has 1 aromatic rings. The highest BCUT2D eigenvalue weighted by Gasteiger charge is 2.39. The summed E-state index contributed by atoms with van der Waals surface area (Å²) in [4.78, 5) is 15.5. The summed E-state index contributed by atoms with van der Waals surface area (Å²) >= 11 is 0. The minimum atomic E-state index is -0.428. The molecule has 1 aliphatic heterocycles. The molecule has 1 unspecified atom stereocenters. The largest absolute Gasteiger partial charge is 0.497 e. The van der Waals surface area contributed by atoms with Gasteiger partial charge in [0.05, 0.1) is 25.2 Å². The van der Waals surface area contributed by atoms with Crippen molar-refractivity contribution in [2.75, 3.05) is 53.6 Å². The van der Waals surface area contributed by atoms with Crippen LogP contribution in [0.3, 0.4) is 0 Å². The molecule has 2 rings (SSSR count). The molecule has 0 aliphatic carbocycles. The number of likely N-dealkylation sites (N-methyl/N-ethyl adjacent to an activating group) is 1. The molecule has 6 heteroatoms. The van der Waals surface area contributed by atoms with Crippen LogP contribution in [0.5, 0.6) is 5.75 Å². The van der Waals surface area contributed by atoms with Gasteiger partial charge in [0.2, 0.25) is 5.91 Å². The zero-order valence-electron chi connectivity index (χ0n) is 17.2. The van der Waals surface area contributed by atoms with Crippen LogP contribution in [0.4, 0.5) is 0 Å². The van der Waals surface area contributed by atoms with E-state index in [2.05, 4.69) is 41.5 Å². The van der Waals surface area contributed by atoms with Crippen LogP contribution in [0, 0.1) is 5.41 Å². The van der Waals surface area contributed by atoms with Crippen LogP contribution in [0.2, 0.25) is 0 Å². The van der Waals surface area contributed by atoms with Crippen molar-refractivity contribution in [1.82, 2.24) is 15.5 Å². The number of methoxy groups -OCH3 is 2. The van der Waals surface area contributed by atoms with Crippen LogP contribution < -0.4 is 15.4 Å². The molecule has 1 aliphatic rings. The predicted octanol–water partition coefficient (Wildman–Crippen LogP) is 2.21. The van der Waals surface area contributed by atoms with E-state index >= 15 is 0 Å². The summed E-state index contributed by atoms with van der Waals surface area (Å²) in [5.74, 6) is 0.941. The average molecular weight is 378 g/mol. The fraction of sp³-hybridized carbons (Fsp3) is 0.667. The number of nitrogens with one attached hydrogen (secondary N) is 2. The van der Waals surface area contributed by atoms with Gasteiger partial charge < -0.3 is 20.1 Å². The number of nitrogens with zero attached hydrogens (tertiary/aromatic N) is 1. The first-order valence-electron chi connectivity index (χ1n) is 9.96. The van der Waals surface area contributed by atoms with Gasteiger partial charge in [0.1, 0.15) is 5.75 Å². The number of amides is 1. The Labute approximate surface area is 163 Å². The SMILES string of the molecule is CCN(CC)C(CNC(=O)C1(COC)CCNCC1)c1cccc(OC)c1. The molecule has 1 atom stereocenters. The Hall–Kier alpha value is -1.63. The molecule has 27 heavy (non-hydrogen) atoms. The highest BCUT2D eigenvalue weighted by molar-refractivity contribution is 5.83. The average Bonchev–Trinajstić information content (AvgIpc) is 2.71. The van der Waals surface area contributed by atoms with Crippen LogP contribution in [-0.4, -0.2) is 64.4 Å². The van der Waals surface area contributed by atoms with Crippen LogP contribution in [0.1, 0.15) is 38.3 Å².